The molecule has 30 heavy (non-hydrogen) atoms. The highest BCUT2D eigenvalue weighted by molar-refractivity contribution is 5.97. The van der Waals surface area contributed by atoms with Crippen molar-refractivity contribution in [1.82, 2.24) is 15.1 Å². The topological polar surface area (TPSA) is 95.7 Å². The molecule has 3 aromatic rings. The van der Waals surface area contributed by atoms with Crippen molar-refractivity contribution >= 4 is 18.0 Å². The molecule has 3 rings (SSSR count). The van der Waals surface area contributed by atoms with Crippen LogP contribution < -0.4 is 4.74 Å². The number of esters is 1. The molecule has 0 fully saturated rings. The lowest BCUT2D eigenvalue weighted by Gasteiger charge is -2.07. The van der Waals surface area contributed by atoms with Gasteiger partial charge in [-0.25, -0.2) is 9.18 Å². The lowest BCUT2D eigenvalue weighted by molar-refractivity contribution is 0.0512. The van der Waals surface area contributed by atoms with Gasteiger partial charge in [0.1, 0.15) is 5.82 Å². The first-order valence-electron chi connectivity index (χ1n) is 9.13. The molecule has 2 aromatic carbocycles. The second-order valence-electron chi connectivity index (χ2n) is 6.23. The molecule has 8 nitrogen and oxygen atoms in total. The summed E-state index contributed by atoms with van der Waals surface area (Å²) in [5.41, 5.74) is 1.72. The lowest BCUT2D eigenvalue weighted by Crippen LogP contribution is -2.15. The number of carbonyl (C=O) groups excluding carboxylic acids is 2. The first-order valence-corrected chi connectivity index (χ1v) is 9.13. The van der Waals surface area contributed by atoms with E-state index in [2.05, 4.69) is 15.4 Å². The minimum Gasteiger partial charge on any atom is -0.466 e. The molecular formula is C21H19FN4O4. The number of Topliss-reactive ketones (excluding diaryl/α,β-unsaturated/α-hetero) is 1. The molecule has 0 unspecified atom stereocenters. The molecule has 0 radical (unpaired) electrons. The summed E-state index contributed by atoms with van der Waals surface area (Å²) in [6.45, 7) is 3.32. The molecular weight excluding hydrogens is 391 g/mol. The van der Waals surface area contributed by atoms with Gasteiger partial charge in [0.2, 0.25) is 5.69 Å². The van der Waals surface area contributed by atoms with E-state index in [1.54, 1.807) is 25.1 Å². The fraction of sp³-hybridized carbons (Fsp3) is 0.190. The fourth-order valence-electron chi connectivity index (χ4n) is 2.46. The zero-order valence-electron chi connectivity index (χ0n) is 16.4. The van der Waals surface area contributed by atoms with Crippen molar-refractivity contribution in [2.45, 2.75) is 13.8 Å². The highest BCUT2D eigenvalue weighted by Gasteiger charge is 2.23. The van der Waals surface area contributed by atoms with E-state index < -0.39 is 11.8 Å². The lowest BCUT2D eigenvalue weighted by atomic mass is 10.1. The molecule has 1 heterocycles. The maximum absolute atomic E-state index is 13.3. The van der Waals surface area contributed by atoms with Gasteiger partial charge >= 0.3 is 5.97 Å². The SMILES string of the molecule is CCOC(=O)c1nnn(/N=C/c2cccc(F)c2)c1OCC(=O)c1ccc(C)cc1. The van der Waals surface area contributed by atoms with Crippen LogP contribution in [0.4, 0.5) is 4.39 Å². The zero-order chi connectivity index (χ0) is 21.5. The van der Waals surface area contributed by atoms with Crippen LogP contribution in [0.25, 0.3) is 0 Å². The molecule has 154 valence electrons. The Morgan fingerprint density at radius 2 is 1.97 bits per heavy atom. The van der Waals surface area contributed by atoms with Crippen LogP contribution in [-0.2, 0) is 4.74 Å². The summed E-state index contributed by atoms with van der Waals surface area (Å²) in [4.78, 5) is 25.5. The summed E-state index contributed by atoms with van der Waals surface area (Å²) < 4.78 is 23.8. The largest absolute Gasteiger partial charge is 0.466 e. The highest BCUT2D eigenvalue weighted by atomic mass is 19.1. The quantitative estimate of drug-likeness (QED) is 0.322. The molecule has 0 atom stereocenters. The summed E-state index contributed by atoms with van der Waals surface area (Å²) in [6, 6.07) is 12.7. The zero-order valence-corrected chi connectivity index (χ0v) is 16.4. The van der Waals surface area contributed by atoms with Crippen molar-refractivity contribution in [3.63, 3.8) is 0 Å². The number of hydrogen-bond acceptors (Lipinski definition) is 7. The predicted molar refractivity (Wildman–Crippen MR) is 106 cm³/mol. The molecule has 0 saturated heterocycles. The monoisotopic (exact) mass is 410 g/mol. The van der Waals surface area contributed by atoms with Crippen molar-refractivity contribution in [3.8, 4) is 5.88 Å². The van der Waals surface area contributed by atoms with E-state index in [1.807, 2.05) is 19.1 Å². The van der Waals surface area contributed by atoms with Crippen LogP contribution in [0.3, 0.4) is 0 Å². The van der Waals surface area contributed by atoms with E-state index in [1.165, 1.54) is 24.4 Å². The maximum atomic E-state index is 13.3. The second kappa shape index (κ2) is 9.55. The number of benzene rings is 2. The van der Waals surface area contributed by atoms with E-state index in [0.29, 0.717) is 11.1 Å². The van der Waals surface area contributed by atoms with Crippen molar-refractivity contribution < 1.29 is 23.5 Å². The summed E-state index contributed by atoms with van der Waals surface area (Å²) in [7, 11) is 0. The molecule has 0 aliphatic carbocycles. The smallest absolute Gasteiger partial charge is 0.364 e. The highest BCUT2D eigenvalue weighted by Crippen LogP contribution is 2.18. The van der Waals surface area contributed by atoms with Crippen LogP contribution in [0.2, 0.25) is 0 Å². The summed E-state index contributed by atoms with van der Waals surface area (Å²) in [5.74, 6) is -1.64. The minimum absolute atomic E-state index is 0.125. The number of ketones is 1. The van der Waals surface area contributed by atoms with Gasteiger partial charge in [0.05, 0.1) is 12.8 Å². The summed E-state index contributed by atoms with van der Waals surface area (Å²) in [6.07, 6.45) is 1.32. The number of aromatic nitrogens is 3. The Morgan fingerprint density at radius 3 is 2.67 bits per heavy atom. The Hall–Kier alpha value is -3.88. The van der Waals surface area contributed by atoms with Gasteiger partial charge in [-0.15, -0.1) is 5.10 Å². The predicted octanol–water partition coefficient (Wildman–Crippen LogP) is 3.05. The summed E-state index contributed by atoms with van der Waals surface area (Å²) in [5, 5.41) is 11.5. The Bertz CT molecular complexity index is 1080. The molecule has 0 amide bonds. The first-order chi connectivity index (χ1) is 14.5. The standard InChI is InChI=1S/C21H19FN4O4/c1-3-29-21(28)19-20(30-13-18(27)16-9-7-14(2)8-10-16)26(25-24-19)23-12-15-5-4-6-17(22)11-15/h4-12H,3,13H2,1-2H3/b23-12+. The van der Waals surface area contributed by atoms with E-state index in [4.69, 9.17) is 9.47 Å². The van der Waals surface area contributed by atoms with Gasteiger partial charge in [-0.05, 0) is 36.8 Å². The number of hydrogen-bond donors (Lipinski definition) is 0. The number of nitrogens with zero attached hydrogens (tertiary/aromatic N) is 4. The first kappa shape index (κ1) is 20.8. The number of rotatable bonds is 8. The van der Waals surface area contributed by atoms with Gasteiger partial charge in [-0.2, -0.15) is 5.10 Å². The maximum Gasteiger partial charge on any atom is 0.364 e. The van der Waals surface area contributed by atoms with Crippen LogP contribution in [0.15, 0.2) is 53.6 Å². The van der Waals surface area contributed by atoms with Crippen molar-refractivity contribution in [2.75, 3.05) is 13.2 Å². The molecule has 1 aromatic heterocycles. The van der Waals surface area contributed by atoms with Crippen LogP contribution in [0.5, 0.6) is 5.88 Å². The van der Waals surface area contributed by atoms with Crippen LogP contribution in [0, 0.1) is 12.7 Å². The van der Waals surface area contributed by atoms with E-state index in [0.717, 1.165) is 10.4 Å². The Balaban J connectivity index is 1.84. The molecule has 0 saturated carbocycles. The number of ether oxygens (including phenoxy) is 2. The van der Waals surface area contributed by atoms with Crippen molar-refractivity contribution in [1.29, 1.82) is 0 Å². The normalized spacial score (nSPS) is 10.9. The van der Waals surface area contributed by atoms with Gasteiger partial charge < -0.3 is 9.47 Å². The van der Waals surface area contributed by atoms with Gasteiger partial charge in [0, 0.05) is 5.56 Å². The summed E-state index contributed by atoms with van der Waals surface area (Å²) >= 11 is 0. The Labute approximate surface area is 171 Å². The molecule has 0 spiro atoms. The number of halogens is 1. The Morgan fingerprint density at radius 1 is 1.20 bits per heavy atom. The third-order valence-corrected chi connectivity index (χ3v) is 3.96. The van der Waals surface area contributed by atoms with Gasteiger partial charge in [0.25, 0.3) is 5.88 Å². The molecule has 0 aliphatic rings. The van der Waals surface area contributed by atoms with Gasteiger partial charge in [0.15, 0.2) is 12.4 Å². The molecule has 0 N–H and O–H groups in total. The number of aryl methyl sites for hydroxylation is 1. The van der Waals surface area contributed by atoms with Crippen molar-refractivity contribution in [2.24, 2.45) is 5.10 Å². The fourth-order valence-corrected chi connectivity index (χ4v) is 2.46. The third-order valence-electron chi connectivity index (χ3n) is 3.96. The average Bonchev–Trinajstić information content (AvgIpc) is 3.14. The second-order valence-corrected chi connectivity index (χ2v) is 6.23. The number of carbonyl (C=O) groups is 2. The van der Waals surface area contributed by atoms with Gasteiger partial charge in [-0.3, -0.25) is 4.79 Å². The third kappa shape index (κ3) is 5.13. The molecule has 0 aliphatic heterocycles. The van der Waals surface area contributed by atoms with Gasteiger partial charge in [-0.1, -0.05) is 46.8 Å². The van der Waals surface area contributed by atoms with Crippen LogP contribution in [-0.4, -0.2) is 46.3 Å². The average molecular weight is 410 g/mol. The Kier molecular flexibility index (Phi) is 6.63. The molecule has 0 bridgehead atoms. The van der Waals surface area contributed by atoms with Crippen LogP contribution >= 0.6 is 0 Å². The molecule has 9 heteroatoms. The van der Waals surface area contributed by atoms with E-state index >= 15 is 0 Å². The van der Waals surface area contributed by atoms with E-state index in [-0.39, 0.29) is 30.6 Å². The minimum atomic E-state index is -0.762. The van der Waals surface area contributed by atoms with Crippen molar-refractivity contribution in [3.05, 3.63) is 76.7 Å². The van der Waals surface area contributed by atoms with Crippen LogP contribution in [0.1, 0.15) is 38.9 Å². The van der Waals surface area contributed by atoms with E-state index in [9.17, 15) is 14.0 Å².